The first kappa shape index (κ1) is 17.5. The zero-order valence-corrected chi connectivity index (χ0v) is 15.0. The number of imide groups is 1. The molecule has 1 aliphatic heterocycles. The Morgan fingerprint density at radius 2 is 1.60 bits per heavy atom. The number of hydrogen-bond donors (Lipinski definition) is 1. The molecule has 0 bridgehead atoms. The molecule has 1 atom stereocenters. The van der Waals surface area contributed by atoms with Gasteiger partial charge in [0.05, 0.1) is 21.2 Å². The van der Waals surface area contributed by atoms with Crippen molar-refractivity contribution in [1.29, 1.82) is 0 Å². The number of halogens is 2. The van der Waals surface area contributed by atoms with Gasteiger partial charge in [-0.2, -0.15) is 0 Å². The second-order valence-corrected chi connectivity index (χ2v) is 6.64. The van der Waals surface area contributed by atoms with E-state index >= 15 is 0 Å². The van der Waals surface area contributed by atoms with Gasteiger partial charge in [-0.05, 0) is 43.7 Å². The number of carbonyl (C=O) groups is 3. The minimum Gasteiger partial charge on any atom is -0.324 e. The maximum Gasteiger partial charge on any atom is 0.262 e. The number of amides is 3. The van der Waals surface area contributed by atoms with Crippen molar-refractivity contribution in [1.82, 2.24) is 4.90 Å². The van der Waals surface area contributed by atoms with Crippen molar-refractivity contribution in [3.8, 4) is 0 Å². The number of benzene rings is 2. The van der Waals surface area contributed by atoms with Gasteiger partial charge in [0, 0.05) is 5.69 Å². The molecule has 25 heavy (non-hydrogen) atoms. The van der Waals surface area contributed by atoms with Crippen LogP contribution in [0.15, 0.2) is 36.4 Å². The minimum atomic E-state index is -0.981. The molecule has 0 radical (unpaired) electrons. The summed E-state index contributed by atoms with van der Waals surface area (Å²) in [5, 5.41) is 3.07. The summed E-state index contributed by atoms with van der Waals surface area (Å²) in [6.07, 6.45) is 0. The van der Waals surface area contributed by atoms with Crippen LogP contribution in [0, 0.1) is 6.92 Å². The van der Waals surface area contributed by atoms with Crippen LogP contribution in [0.3, 0.4) is 0 Å². The summed E-state index contributed by atoms with van der Waals surface area (Å²) in [5.41, 5.74) is 1.87. The number of hydrogen-bond acceptors (Lipinski definition) is 3. The van der Waals surface area contributed by atoms with Gasteiger partial charge in [0.15, 0.2) is 0 Å². The average Bonchev–Trinajstić information content (AvgIpc) is 2.78. The topological polar surface area (TPSA) is 66.5 Å². The van der Waals surface area contributed by atoms with Gasteiger partial charge in [-0.15, -0.1) is 0 Å². The van der Waals surface area contributed by atoms with Gasteiger partial charge in [0.1, 0.15) is 6.04 Å². The van der Waals surface area contributed by atoms with Gasteiger partial charge >= 0.3 is 0 Å². The maximum atomic E-state index is 12.5. The van der Waals surface area contributed by atoms with Crippen LogP contribution in [0.2, 0.25) is 10.0 Å². The number of carbonyl (C=O) groups excluding carboxylic acids is 3. The van der Waals surface area contributed by atoms with Gasteiger partial charge < -0.3 is 5.32 Å². The third kappa shape index (κ3) is 3.13. The normalized spacial score (nSPS) is 14.5. The van der Waals surface area contributed by atoms with Crippen molar-refractivity contribution >= 4 is 46.6 Å². The predicted molar refractivity (Wildman–Crippen MR) is 96.2 cm³/mol. The van der Waals surface area contributed by atoms with E-state index < -0.39 is 23.8 Å². The van der Waals surface area contributed by atoms with Crippen LogP contribution in [0.4, 0.5) is 5.69 Å². The Balaban J connectivity index is 1.85. The summed E-state index contributed by atoms with van der Waals surface area (Å²) in [5.74, 6) is -1.59. The van der Waals surface area contributed by atoms with Gasteiger partial charge in [0.25, 0.3) is 11.8 Å². The van der Waals surface area contributed by atoms with E-state index in [2.05, 4.69) is 5.32 Å². The van der Waals surface area contributed by atoms with E-state index in [9.17, 15) is 14.4 Å². The van der Waals surface area contributed by atoms with Gasteiger partial charge in [-0.1, -0.05) is 35.3 Å². The Bertz CT molecular complexity index is 870. The molecule has 1 N–H and O–H groups in total. The fraction of sp³-hybridized carbons (Fsp3) is 0.167. The van der Waals surface area contributed by atoms with Crippen LogP contribution in [0.1, 0.15) is 33.2 Å². The highest BCUT2D eigenvalue weighted by Crippen LogP contribution is 2.32. The first-order valence-corrected chi connectivity index (χ1v) is 8.29. The molecule has 3 rings (SSSR count). The molecular weight excluding hydrogens is 363 g/mol. The fourth-order valence-corrected chi connectivity index (χ4v) is 3.02. The lowest BCUT2D eigenvalue weighted by atomic mass is 10.1. The van der Waals surface area contributed by atoms with Crippen LogP contribution in [0.25, 0.3) is 0 Å². The van der Waals surface area contributed by atoms with E-state index in [0.29, 0.717) is 5.69 Å². The second-order valence-electron chi connectivity index (χ2n) is 5.83. The minimum absolute atomic E-state index is 0.148. The van der Waals surface area contributed by atoms with Crippen LogP contribution < -0.4 is 5.32 Å². The molecule has 7 heteroatoms. The van der Waals surface area contributed by atoms with Gasteiger partial charge in [-0.3, -0.25) is 19.3 Å². The van der Waals surface area contributed by atoms with Crippen LogP contribution in [-0.2, 0) is 4.79 Å². The highest BCUT2D eigenvalue weighted by atomic mass is 35.5. The first-order chi connectivity index (χ1) is 11.8. The average molecular weight is 377 g/mol. The summed E-state index contributed by atoms with van der Waals surface area (Å²) in [7, 11) is 0. The van der Waals surface area contributed by atoms with Crippen molar-refractivity contribution in [2.24, 2.45) is 0 Å². The molecule has 3 amide bonds. The first-order valence-electron chi connectivity index (χ1n) is 7.54. The quantitative estimate of drug-likeness (QED) is 0.825. The number of anilines is 1. The van der Waals surface area contributed by atoms with E-state index in [1.54, 1.807) is 12.1 Å². The summed E-state index contributed by atoms with van der Waals surface area (Å²) < 4.78 is 0. The number of fused-ring (bicyclic) bond motifs is 1. The number of rotatable bonds is 3. The van der Waals surface area contributed by atoms with Crippen molar-refractivity contribution in [3.63, 3.8) is 0 Å². The lowest BCUT2D eigenvalue weighted by Gasteiger charge is -2.21. The molecule has 1 unspecified atom stereocenters. The van der Waals surface area contributed by atoms with Gasteiger partial charge in [-0.25, -0.2) is 0 Å². The molecular formula is C18H14Cl2N2O3. The maximum absolute atomic E-state index is 12.5. The molecule has 5 nitrogen and oxygen atoms in total. The zero-order chi connectivity index (χ0) is 18.3. The molecule has 0 aromatic heterocycles. The molecule has 0 spiro atoms. The Morgan fingerprint density at radius 3 is 2.12 bits per heavy atom. The molecule has 0 fully saturated rings. The van der Waals surface area contributed by atoms with E-state index in [1.165, 1.54) is 19.1 Å². The summed E-state index contributed by atoms with van der Waals surface area (Å²) in [4.78, 5) is 38.5. The van der Waals surface area contributed by atoms with E-state index in [1.807, 2.05) is 19.1 Å². The lowest BCUT2D eigenvalue weighted by molar-refractivity contribution is -0.119. The Kier molecular flexibility index (Phi) is 4.54. The third-order valence-corrected chi connectivity index (χ3v) is 4.73. The summed E-state index contributed by atoms with van der Waals surface area (Å²) >= 11 is 11.8. The largest absolute Gasteiger partial charge is 0.324 e. The summed E-state index contributed by atoms with van der Waals surface area (Å²) in [6.45, 7) is 3.40. The van der Waals surface area contributed by atoms with Crippen LogP contribution in [-0.4, -0.2) is 28.7 Å². The molecule has 128 valence electrons. The molecule has 1 aliphatic rings. The highest BCUT2D eigenvalue weighted by molar-refractivity contribution is 6.43. The van der Waals surface area contributed by atoms with Crippen LogP contribution in [0.5, 0.6) is 0 Å². The van der Waals surface area contributed by atoms with Crippen LogP contribution >= 0.6 is 23.2 Å². The Labute approximate surface area is 154 Å². The molecule has 2 aromatic rings. The lowest BCUT2D eigenvalue weighted by Crippen LogP contribution is -2.45. The smallest absolute Gasteiger partial charge is 0.262 e. The highest BCUT2D eigenvalue weighted by Gasteiger charge is 2.41. The van der Waals surface area contributed by atoms with Gasteiger partial charge in [0.2, 0.25) is 5.91 Å². The summed E-state index contributed by atoms with van der Waals surface area (Å²) in [6, 6.07) is 8.96. The molecule has 0 saturated heterocycles. The number of aryl methyl sites for hydroxylation is 1. The van der Waals surface area contributed by atoms with E-state index in [-0.39, 0.29) is 21.2 Å². The van der Waals surface area contributed by atoms with E-state index in [4.69, 9.17) is 23.2 Å². The SMILES string of the molecule is Cc1cccc(NC(=O)C(C)N2C(=O)c3cc(Cl)c(Cl)cc3C2=O)c1. The van der Waals surface area contributed by atoms with Crippen molar-refractivity contribution in [2.75, 3.05) is 5.32 Å². The number of nitrogens with one attached hydrogen (secondary N) is 1. The van der Waals surface area contributed by atoms with Crippen molar-refractivity contribution in [3.05, 3.63) is 63.1 Å². The molecule has 2 aromatic carbocycles. The molecule has 1 heterocycles. The Hall–Kier alpha value is -2.37. The zero-order valence-electron chi connectivity index (χ0n) is 13.5. The number of nitrogens with zero attached hydrogens (tertiary/aromatic N) is 1. The van der Waals surface area contributed by atoms with E-state index in [0.717, 1.165) is 10.5 Å². The second kappa shape index (κ2) is 6.50. The third-order valence-electron chi connectivity index (χ3n) is 4.01. The molecule has 0 aliphatic carbocycles. The fourth-order valence-electron chi connectivity index (χ4n) is 2.69. The van der Waals surface area contributed by atoms with Crippen molar-refractivity contribution < 1.29 is 14.4 Å². The predicted octanol–water partition coefficient (Wildman–Crippen LogP) is 3.93. The standard InChI is InChI=1S/C18H14Cl2N2O3/c1-9-4-3-5-11(6-9)21-16(23)10(2)22-17(24)12-7-14(19)15(20)8-13(12)18(22)25/h3-8,10H,1-2H3,(H,21,23). The molecule has 0 saturated carbocycles. The van der Waals surface area contributed by atoms with Crippen molar-refractivity contribution in [2.45, 2.75) is 19.9 Å². The monoisotopic (exact) mass is 376 g/mol. The Morgan fingerprint density at radius 1 is 1.04 bits per heavy atom.